The monoisotopic (exact) mass is 267 g/mol. The van der Waals surface area contributed by atoms with Crippen molar-refractivity contribution in [2.75, 3.05) is 45.4 Å². The topological polar surface area (TPSA) is 60.6 Å². The van der Waals surface area contributed by atoms with E-state index in [0.29, 0.717) is 19.8 Å². The van der Waals surface area contributed by atoms with Crippen molar-refractivity contribution in [3.63, 3.8) is 0 Å². The molecule has 0 aliphatic carbocycles. The van der Waals surface area contributed by atoms with Gasteiger partial charge in [0.25, 0.3) is 0 Å². The van der Waals surface area contributed by atoms with Crippen LogP contribution in [0.15, 0.2) is 6.07 Å². The van der Waals surface area contributed by atoms with Crippen molar-refractivity contribution in [1.29, 1.82) is 0 Å². The zero-order valence-corrected chi connectivity index (χ0v) is 12.4. The minimum atomic E-state index is 0.491. The molecule has 0 atom stereocenters. The van der Waals surface area contributed by atoms with Gasteiger partial charge in [-0.1, -0.05) is 0 Å². The van der Waals surface area contributed by atoms with Gasteiger partial charge in [-0.2, -0.15) is 0 Å². The molecule has 0 spiro atoms. The van der Waals surface area contributed by atoms with Crippen LogP contribution in [0.25, 0.3) is 0 Å². The van der Waals surface area contributed by atoms with Crippen LogP contribution >= 0.6 is 0 Å². The first-order valence-electron chi connectivity index (χ1n) is 6.54. The lowest BCUT2D eigenvalue weighted by atomic mass is 10.1. The van der Waals surface area contributed by atoms with E-state index in [1.165, 1.54) is 0 Å². The maximum absolute atomic E-state index is 5.87. The Bertz CT molecular complexity index is 389. The summed E-state index contributed by atoms with van der Waals surface area (Å²) in [5, 5.41) is 0. The maximum atomic E-state index is 5.87. The molecule has 1 aromatic heterocycles. The van der Waals surface area contributed by atoms with Crippen molar-refractivity contribution in [2.24, 2.45) is 5.73 Å². The first kappa shape index (κ1) is 15.9. The third kappa shape index (κ3) is 4.45. The van der Waals surface area contributed by atoms with Gasteiger partial charge in [-0.15, -0.1) is 0 Å². The average molecular weight is 267 g/mol. The molecule has 1 aromatic rings. The second-order valence-corrected chi connectivity index (χ2v) is 4.52. The lowest BCUT2D eigenvalue weighted by Gasteiger charge is -2.27. The second-order valence-electron chi connectivity index (χ2n) is 4.52. The molecule has 1 rings (SSSR count). The summed E-state index contributed by atoms with van der Waals surface area (Å²) in [7, 11) is 3.42. The fourth-order valence-corrected chi connectivity index (χ4v) is 2.12. The highest BCUT2D eigenvalue weighted by Gasteiger charge is 2.14. The molecule has 0 fully saturated rings. The van der Waals surface area contributed by atoms with Gasteiger partial charge >= 0.3 is 0 Å². The minimum absolute atomic E-state index is 0.491. The molecule has 0 aliphatic rings. The predicted octanol–water partition coefficient (Wildman–Crippen LogP) is 1.26. The number of anilines is 1. The number of rotatable bonds is 8. The molecule has 5 heteroatoms. The molecule has 108 valence electrons. The molecular weight excluding hydrogens is 242 g/mol. The standard InChI is InChI=1S/C14H25N3O2/c1-11-9-14(13(10-15)12(2)16-11)17(5-7-18-3)6-8-19-4/h9H,5-8,10,15H2,1-4H3. The van der Waals surface area contributed by atoms with E-state index >= 15 is 0 Å². The van der Waals surface area contributed by atoms with Crippen LogP contribution in [-0.2, 0) is 16.0 Å². The van der Waals surface area contributed by atoms with Crippen LogP contribution in [0.5, 0.6) is 0 Å². The molecule has 19 heavy (non-hydrogen) atoms. The highest BCUT2D eigenvalue weighted by Crippen LogP contribution is 2.23. The summed E-state index contributed by atoms with van der Waals surface area (Å²) in [6.07, 6.45) is 0. The zero-order chi connectivity index (χ0) is 14.3. The molecule has 1 heterocycles. The number of hydrogen-bond donors (Lipinski definition) is 1. The summed E-state index contributed by atoms with van der Waals surface area (Å²) >= 11 is 0. The van der Waals surface area contributed by atoms with Crippen LogP contribution in [0.4, 0.5) is 5.69 Å². The quantitative estimate of drug-likeness (QED) is 0.768. The summed E-state index contributed by atoms with van der Waals surface area (Å²) in [5.41, 5.74) is 10.1. The van der Waals surface area contributed by atoms with Crippen LogP contribution < -0.4 is 10.6 Å². The van der Waals surface area contributed by atoms with Gasteiger partial charge in [0.1, 0.15) is 0 Å². The summed E-state index contributed by atoms with van der Waals surface area (Å²) in [4.78, 5) is 6.73. The van der Waals surface area contributed by atoms with E-state index in [4.69, 9.17) is 15.2 Å². The number of pyridine rings is 1. The van der Waals surface area contributed by atoms with Crippen molar-refractivity contribution in [1.82, 2.24) is 4.98 Å². The predicted molar refractivity (Wildman–Crippen MR) is 77.6 cm³/mol. The molecule has 0 saturated heterocycles. The molecule has 0 bridgehead atoms. The fraction of sp³-hybridized carbons (Fsp3) is 0.643. The van der Waals surface area contributed by atoms with E-state index in [9.17, 15) is 0 Å². The lowest BCUT2D eigenvalue weighted by Crippen LogP contribution is -2.32. The third-order valence-corrected chi connectivity index (χ3v) is 3.11. The van der Waals surface area contributed by atoms with E-state index in [2.05, 4.69) is 16.0 Å². The SMILES string of the molecule is COCCN(CCOC)c1cc(C)nc(C)c1CN. The van der Waals surface area contributed by atoms with Gasteiger partial charge in [0.05, 0.1) is 13.2 Å². The Morgan fingerprint density at radius 1 is 1.16 bits per heavy atom. The molecule has 0 aliphatic heterocycles. The Morgan fingerprint density at radius 3 is 2.21 bits per heavy atom. The van der Waals surface area contributed by atoms with Gasteiger partial charge in [0.15, 0.2) is 0 Å². The number of aromatic nitrogens is 1. The largest absolute Gasteiger partial charge is 0.383 e. The Hall–Kier alpha value is -1.17. The third-order valence-electron chi connectivity index (χ3n) is 3.11. The van der Waals surface area contributed by atoms with Crippen LogP contribution in [0.2, 0.25) is 0 Å². The van der Waals surface area contributed by atoms with Crippen molar-refractivity contribution in [2.45, 2.75) is 20.4 Å². The van der Waals surface area contributed by atoms with E-state index in [-0.39, 0.29) is 0 Å². The van der Waals surface area contributed by atoms with Crippen LogP contribution in [-0.4, -0.2) is 45.5 Å². The van der Waals surface area contributed by atoms with Gasteiger partial charge in [-0.25, -0.2) is 0 Å². The first-order valence-corrected chi connectivity index (χ1v) is 6.54. The summed E-state index contributed by atoms with van der Waals surface area (Å²) in [6, 6.07) is 2.08. The van der Waals surface area contributed by atoms with Crippen molar-refractivity contribution in [3.8, 4) is 0 Å². The molecule has 0 radical (unpaired) electrons. The van der Waals surface area contributed by atoms with Gasteiger partial charge in [0, 0.05) is 56.5 Å². The average Bonchev–Trinajstić information content (AvgIpc) is 2.38. The van der Waals surface area contributed by atoms with E-state index in [1.807, 2.05) is 13.8 Å². The van der Waals surface area contributed by atoms with E-state index in [0.717, 1.165) is 35.7 Å². The van der Waals surface area contributed by atoms with Gasteiger partial charge in [-0.05, 0) is 19.9 Å². The number of methoxy groups -OCH3 is 2. The Morgan fingerprint density at radius 2 is 1.74 bits per heavy atom. The highest BCUT2D eigenvalue weighted by molar-refractivity contribution is 5.56. The number of nitrogens with zero attached hydrogens (tertiary/aromatic N) is 2. The summed E-state index contributed by atoms with van der Waals surface area (Å²) in [6.45, 7) is 7.48. The molecule has 0 aromatic carbocycles. The number of nitrogens with two attached hydrogens (primary N) is 1. The van der Waals surface area contributed by atoms with Gasteiger partial charge < -0.3 is 20.1 Å². The molecule has 5 nitrogen and oxygen atoms in total. The molecule has 2 N–H and O–H groups in total. The van der Waals surface area contributed by atoms with Gasteiger partial charge in [-0.3, -0.25) is 4.98 Å². The highest BCUT2D eigenvalue weighted by atomic mass is 16.5. The molecule has 0 unspecified atom stereocenters. The molecule has 0 amide bonds. The summed E-state index contributed by atoms with van der Waals surface area (Å²) < 4.78 is 10.4. The van der Waals surface area contributed by atoms with Crippen LogP contribution in [0.1, 0.15) is 17.0 Å². The lowest BCUT2D eigenvalue weighted by molar-refractivity contribution is 0.190. The number of ether oxygens (including phenoxy) is 2. The van der Waals surface area contributed by atoms with Crippen LogP contribution in [0, 0.1) is 13.8 Å². The minimum Gasteiger partial charge on any atom is -0.383 e. The second kappa shape index (κ2) is 8.09. The van der Waals surface area contributed by atoms with Crippen molar-refractivity contribution in [3.05, 3.63) is 23.0 Å². The zero-order valence-electron chi connectivity index (χ0n) is 12.4. The Balaban J connectivity index is 3.04. The smallest absolute Gasteiger partial charge is 0.0637 e. The summed E-state index contributed by atoms with van der Waals surface area (Å²) in [5.74, 6) is 0. The first-order chi connectivity index (χ1) is 9.13. The molecule has 0 saturated carbocycles. The van der Waals surface area contributed by atoms with Gasteiger partial charge in [0.2, 0.25) is 0 Å². The van der Waals surface area contributed by atoms with Crippen molar-refractivity contribution >= 4 is 5.69 Å². The van der Waals surface area contributed by atoms with E-state index in [1.54, 1.807) is 14.2 Å². The Kier molecular flexibility index (Phi) is 6.77. The Labute approximate surface area is 115 Å². The molecular formula is C14H25N3O2. The normalized spacial score (nSPS) is 10.8. The maximum Gasteiger partial charge on any atom is 0.0637 e. The van der Waals surface area contributed by atoms with E-state index < -0.39 is 0 Å². The number of aryl methyl sites for hydroxylation is 2. The van der Waals surface area contributed by atoms with Crippen LogP contribution in [0.3, 0.4) is 0 Å². The van der Waals surface area contributed by atoms with Crippen molar-refractivity contribution < 1.29 is 9.47 Å². The number of hydrogen-bond acceptors (Lipinski definition) is 5. The fourth-order valence-electron chi connectivity index (χ4n) is 2.12.